The van der Waals surface area contributed by atoms with Crippen molar-refractivity contribution >= 4 is 0 Å². The predicted molar refractivity (Wildman–Crippen MR) is 57.9 cm³/mol. The molecule has 15 heavy (non-hydrogen) atoms. The molecule has 2 N–H and O–H groups in total. The van der Waals surface area contributed by atoms with Crippen molar-refractivity contribution in [3.63, 3.8) is 0 Å². The summed E-state index contributed by atoms with van der Waals surface area (Å²) < 4.78 is 0. The number of rotatable bonds is 2. The van der Waals surface area contributed by atoms with Crippen LogP contribution >= 0.6 is 0 Å². The average Bonchev–Trinajstić information content (AvgIpc) is 2.08. The van der Waals surface area contributed by atoms with Gasteiger partial charge in [-0.25, -0.2) is 0 Å². The Morgan fingerprint density at radius 2 is 1.07 bits per heavy atom. The maximum Gasteiger partial charge on any atom is 0.157 e. The van der Waals surface area contributed by atoms with E-state index in [4.69, 9.17) is 0 Å². The molecule has 2 nitrogen and oxygen atoms in total. The summed E-state index contributed by atoms with van der Waals surface area (Å²) in [6.07, 6.45) is 0. The molecule has 0 aromatic heterocycles. The van der Waals surface area contributed by atoms with Crippen LogP contribution in [0.2, 0.25) is 0 Å². The number of hydrogen-bond acceptors (Lipinski definition) is 2. The van der Waals surface area contributed by atoms with Crippen LogP contribution in [0, 0.1) is 0 Å². The zero-order chi connectivity index (χ0) is 10.9. The van der Waals surface area contributed by atoms with Gasteiger partial charge < -0.3 is 10.2 Å². The van der Waals surface area contributed by atoms with Crippen LogP contribution in [0.25, 0.3) is 0 Å². The van der Waals surface area contributed by atoms with Gasteiger partial charge >= 0.3 is 0 Å². The van der Waals surface area contributed by atoms with Gasteiger partial charge in [0, 0.05) is 32.7 Å². The Hall–Kier alpha value is -0.0761. The summed E-state index contributed by atoms with van der Waals surface area (Å²) in [6.45, 7) is 8.32. The number of phenolic OH excluding ortho intramolecular Hbond substituents is 2. The van der Waals surface area contributed by atoms with E-state index in [0.717, 1.165) is 11.1 Å². The Morgan fingerprint density at radius 3 is 1.27 bits per heavy atom. The molecule has 81 valence electrons. The first kappa shape index (κ1) is 14.9. The van der Waals surface area contributed by atoms with Gasteiger partial charge in [0.2, 0.25) is 0 Å². The Labute approximate surface area is 117 Å². The topological polar surface area (TPSA) is 40.5 Å². The Kier molecular flexibility index (Phi) is 5.83. The zero-order valence-corrected chi connectivity index (χ0v) is 12.6. The number of phenols is 2. The first-order chi connectivity index (χ1) is 6.43. The summed E-state index contributed by atoms with van der Waals surface area (Å²) in [5, 5.41) is 18.8. The van der Waals surface area contributed by atoms with Crippen LogP contribution in [0.3, 0.4) is 0 Å². The molecule has 1 radical (unpaired) electrons. The van der Waals surface area contributed by atoms with Crippen LogP contribution in [0.5, 0.6) is 11.5 Å². The minimum atomic E-state index is -0.0295. The molecule has 1 rings (SSSR count). The summed E-state index contributed by atoms with van der Waals surface area (Å²) in [6, 6.07) is 3.32. The fourth-order valence-electron chi connectivity index (χ4n) is 1.61. The number of aromatic hydroxyl groups is 2. The third-order valence-electron chi connectivity index (χ3n) is 2.42. The molecular weight excluding hydrogens is 265 g/mol. The van der Waals surface area contributed by atoms with Crippen LogP contribution in [0.15, 0.2) is 12.1 Å². The van der Waals surface area contributed by atoms with Gasteiger partial charge in [0.1, 0.15) is 0 Å². The fourth-order valence-corrected chi connectivity index (χ4v) is 1.61. The van der Waals surface area contributed by atoms with Crippen molar-refractivity contribution in [2.24, 2.45) is 0 Å². The zero-order valence-electron chi connectivity index (χ0n) is 9.78. The Morgan fingerprint density at radius 1 is 0.800 bits per heavy atom. The average molecular weight is 283 g/mol. The molecule has 0 bridgehead atoms. The summed E-state index contributed by atoms with van der Waals surface area (Å²) in [4.78, 5) is 0. The second kappa shape index (κ2) is 5.86. The van der Waals surface area contributed by atoms with Gasteiger partial charge in [-0.15, -0.1) is 0 Å². The second-order valence-corrected chi connectivity index (χ2v) is 4.28. The predicted octanol–water partition coefficient (Wildman–Crippen LogP) is 3.34. The number of benzene rings is 1. The van der Waals surface area contributed by atoms with E-state index in [1.807, 2.05) is 0 Å². The van der Waals surface area contributed by atoms with Crippen molar-refractivity contribution in [1.29, 1.82) is 0 Å². The molecule has 0 aliphatic carbocycles. The van der Waals surface area contributed by atoms with E-state index in [0.29, 0.717) is 11.8 Å². The summed E-state index contributed by atoms with van der Waals surface area (Å²) >= 11 is 0. The normalized spacial score (nSPS) is 10.5. The van der Waals surface area contributed by atoms with E-state index >= 15 is 0 Å². The van der Waals surface area contributed by atoms with Crippen molar-refractivity contribution in [1.82, 2.24) is 0 Å². The van der Waals surface area contributed by atoms with E-state index < -0.39 is 0 Å². The second-order valence-electron chi connectivity index (χ2n) is 4.28. The molecule has 0 amide bonds. The molecule has 0 saturated carbocycles. The third-order valence-corrected chi connectivity index (χ3v) is 2.42. The monoisotopic (exact) mass is 283 g/mol. The molecule has 1 aromatic carbocycles. The summed E-state index contributed by atoms with van der Waals surface area (Å²) in [5.41, 5.74) is 2.21. The molecule has 0 aliphatic heterocycles. The molecule has 0 unspecified atom stereocenters. The third kappa shape index (κ3) is 3.46. The van der Waals surface area contributed by atoms with E-state index in [-0.39, 0.29) is 44.2 Å². The van der Waals surface area contributed by atoms with Crippen LogP contribution in [0.4, 0.5) is 0 Å². The van der Waals surface area contributed by atoms with Gasteiger partial charge in [-0.05, 0) is 35.1 Å². The molecular formula is C12H18O2Y. The summed E-state index contributed by atoms with van der Waals surface area (Å²) in [5.74, 6) is 0.661. The van der Waals surface area contributed by atoms with Crippen LogP contribution in [0.1, 0.15) is 50.7 Å². The van der Waals surface area contributed by atoms with E-state index in [2.05, 4.69) is 27.7 Å². The van der Waals surface area contributed by atoms with Gasteiger partial charge in [0.15, 0.2) is 11.5 Å². The SMILES string of the molecule is CC(C)c1cc(O)c(O)cc1C(C)C.[Y]. The first-order valence-corrected chi connectivity index (χ1v) is 4.99. The van der Waals surface area contributed by atoms with Gasteiger partial charge in [-0.1, -0.05) is 27.7 Å². The van der Waals surface area contributed by atoms with Crippen LogP contribution < -0.4 is 0 Å². The Bertz CT molecular complexity index is 300. The summed E-state index contributed by atoms with van der Waals surface area (Å²) in [7, 11) is 0. The van der Waals surface area contributed by atoms with E-state index in [9.17, 15) is 10.2 Å². The maximum absolute atomic E-state index is 9.41. The molecule has 0 fully saturated rings. The quantitative estimate of drug-likeness (QED) is 0.817. The molecule has 3 heteroatoms. The molecule has 0 heterocycles. The van der Waals surface area contributed by atoms with E-state index in [1.165, 1.54) is 0 Å². The Balaban J connectivity index is 0.00000196. The van der Waals surface area contributed by atoms with Crippen molar-refractivity contribution in [2.45, 2.75) is 39.5 Å². The molecule has 0 atom stereocenters. The molecule has 0 aliphatic rings. The van der Waals surface area contributed by atoms with E-state index in [1.54, 1.807) is 12.1 Å². The van der Waals surface area contributed by atoms with Crippen molar-refractivity contribution in [3.05, 3.63) is 23.3 Å². The van der Waals surface area contributed by atoms with Gasteiger partial charge in [0.25, 0.3) is 0 Å². The van der Waals surface area contributed by atoms with Gasteiger partial charge in [0.05, 0.1) is 0 Å². The molecule has 0 saturated heterocycles. The molecule has 0 spiro atoms. The van der Waals surface area contributed by atoms with Gasteiger partial charge in [-0.2, -0.15) is 0 Å². The van der Waals surface area contributed by atoms with Crippen LogP contribution in [-0.2, 0) is 32.7 Å². The van der Waals surface area contributed by atoms with Crippen molar-refractivity contribution < 1.29 is 42.9 Å². The largest absolute Gasteiger partial charge is 0.504 e. The first-order valence-electron chi connectivity index (χ1n) is 4.99. The van der Waals surface area contributed by atoms with Gasteiger partial charge in [-0.3, -0.25) is 0 Å². The number of hydrogen-bond donors (Lipinski definition) is 2. The smallest absolute Gasteiger partial charge is 0.157 e. The minimum absolute atomic E-state index is 0. The maximum atomic E-state index is 9.41. The van der Waals surface area contributed by atoms with Crippen molar-refractivity contribution in [3.8, 4) is 11.5 Å². The standard InChI is InChI=1S/C12H18O2.Y/c1-7(2)9-5-11(13)12(14)6-10(9)8(3)4;/h5-8,13-14H,1-4H3;. The molecule has 1 aromatic rings. The van der Waals surface area contributed by atoms with Crippen LogP contribution in [-0.4, -0.2) is 10.2 Å². The van der Waals surface area contributed by atoms with Crippen molar-refractivity contribution in [2.75, 3.05) is 0 Å². The minimum Gasteiger partial charge on any atom is -0.504 e. The fraction of sp³-hybridized carbons (Fsp3) is 0.500.